The number of ketones is 1. The predicted molar refractivity (Wildman–Crippen MR) is 93.3 cm³/mol. The minimum Gasteiger partial charge on any atom is -0.466 e. The minimum atomic E-state index is -2.45. The molecular formula is C20H17NO5. The van der Waals surface area contributed by atoms with Crippen LogP contribution >= 0.6 is 0 Å². The molecule has 2 aromatic carbocycles. The average Bonchev–Trinajstić information content (AvgIpc) is 2.95. The largest absolute Gasteiger partial charge is 0.466 e. The maximum atomic E-state index is 13.1. The molecule has 1 heterocycles. The van der Waals surface area contributed by atoms with E-state index in [4.69, 9.17) is 4.74 Å². The number of fused-ring (bicyclic) bond motifs is 3. The normalized spacial score (nSPS) is 26.8. The number of rotatable bonds is 2. The van der Waals surface area contributed by atoms with E-state index in [0.717, 1.165) is 0 Å². The summed E-state index contributed by atoms with van der Waals surface area (Å²) < 4.78 is 4.81. The van der Waals surface area contributed by atoms with Gasteiger partial charge in [0.2, 0.25) is 17.1 Å². The standard InChI is InChI=1S/C20H17NO5/c1-12-16(18(23)26-2)19(24)17(22)14-10-6-7-11-15(14)20(19,25)21(12)13-8-4-3-5-9-13/h3-11,24-25H,1-2H3/t19-,20+/m1/s1. The Labute approximate surface area is 149 Å². The van der Waals surface area contributed by atoms with Gasteiger partial charge in [-0.05, 0) is 19.1 Å². The third-order valence-electron chi connectivity index (χ3n) is 5.17. The molecule has 6 nitrogen and oxygen atoms in total. The van der Waals surface area contributed by atoms with Crippen molar-refractivity contribution in [1.29, 1.82) is 0 Å². The van der Waals surface area contributed by atoms with E-state index in [9.17, 15) is 19.8 Å². The summed E-state index contributed by atoms with van der Waals surface area (Å²) >= 11 is 0. The van der Waals surface area contributed by atoms with Crippen LogP contribution in [0.2, 0.25) is 0 Å². The molecule has 0 unspecified atom stereocenters. The summed E-state index contributed by atoms with van der Waals surface area (Å²) in [4.78, 5) is 27.0. The van der Waals surface area contributed by atoms with Crippen LogP contribution < -0.4 is 4.90 Å². The molecule has 26 heavy (non-hydrogen) atoms. The maximum Gasteiger partial charge on any atom is 0.339 e. The molecule has 0 amide bonds. The van der Waals surface area contributed by atoms with Crippen LogP contribution in [0.3, 0.4) is 0 Å². The van der Waals surface area contributed by atoms with Gasteiger partial charge in [-0.1, -0.05) is 42.5 Å². The number of aliphatic hydroxyl groups is 2. The summed E-state index contributed by atoms with van der Waals surface area (Å²) in [6.45, 7) is 1.57. The van der Waals surface area contributed by atoms with Gasteiger partial charge in [0.25, 0.3) is 0 Å². The van der Waals surface area contributed by atoms with Crippen LogP contribution in [0.1, 0.15) is 22.8 Å². The van der Waals surface area contributed by atoms with Gasteiger partial charge in [-0.2, -0.15) is 0 Å². The lowest BCUT2D eigenvalue weighted by atomic mass is 9.85. The Morgan fingerprint density at radius 3 is 2.31 bits per heavy atom. The summed E-state index contributed by atoms with van der Waals surface area (Å²) in [6.07, 6.45) is 0. The van der Waals surface area contributed by atoms with Crippen LogP contribution in [0.25, 0.3) is 0 Å². The highest BCUT2D eigenvalue weighted by Gasteiger charge is 2.73. The molecule has 0 saturated heterocycles. The van der Waals surface area contributed by atoms with E-state index in [-0.39, 0.29) is 22.4 Å². The number of ether oxygens (including phenoxy) is 1. The fourth-order valence-corrected chi connectivity index (χ4v) is 4.07. The van der Waals surface area contributed by atoms with E-state index < -0.39 is 23.1 Å². The van der Waals surface area contributed by atoms with Crippen molar-refractivity contribution in [3.05, 3.63) is 77.0 Å². The Morgan fingerprint density at radius 2 is 1.65 bits per heavy atom. The number of benzene rings is 2. The fourth-order valence-electron chi connectivity index (χ4n) is 4.07. The van der Waals surface area contributed by atoms with Crippen molar-refractivity contribution in [3.63, 3.8) is 0 Å². The lowest BCUT2D eigenvalue weighted by molar-refractivity contribution is -0.142. The van der Waals surface area contributed by atoms with Crippen molar-refractivity contribution in [2.45, 2.75) is 18.2 Å². The minimum absolute atomic E-state index is 0.173. The van der Waals surface area contributed by atoms with Crippen LogP contribution in [-0.4, -0.2) is 34.7 Å². The SMILES string of the molecule is COC(=O)C1=C(C)N(c2ccccc2)[C@]2(O)c3ccccc3C(=O)[C@]12O. The first-order chi connectivity index (χ1) is 12.4. The van der Waals surface area contributed by atoms with Gasteiger partial charge in [-0.15, -0.1) is 0 Å². The zero-order valence-electron chi connectivity index (χ0n) is 14.3. The van der Waals surface area contributed by atoms with E-state index in [1.54, 1.807) is 49.4 Å². The molecule has 0 aromatic heterocycles. The molecule has 4 rings (SSSR count). The monoisotopic (exact) mass is 351 g/mol. The van der Waals surface area contributed by atoms with Crippen molar-refractivity contribution >= 4 is 17.4 Å². The zero-order chi connectivity index (χ0) is 18.7. The van der Waals surface area contributed by atoms with E-state index >= 15 is 0 Å². The van der Waals surface area contributed by atoms with E-state index in [0.29, 0.717) is 5.69 Å². The quantitative estimate of drug-likeness (QED) is 0.802. The van der Waals surface area contributed by atoms with Gasteiger partial charge >= 0.3 is 5.97 Å². The van der Waals surface area contributed by atoms with Crippen molar-refractivity contribution in [3.8, 4) is 0 Å². The summed E-state index contributed by atoms with van der Waals surface area (Å²) in [7, 11) is 1.17. The molecule has 0 spiro atoms. The number of Topliss-reactive ketones (excluding diaryl/α,β-unsaturated/α-hetero) is 1. The molecule has 1 aliphatic heterocycles. The topological polar surface area (TPSA) is 87.1 Å². The number of esters is 1. The number of allylic oxidation sites excluding steroid dienone is 1. The molecule has 2 aliphatic rings. The predicted octanol–water partition coefficient (Wildman–Crippen LogP) is 1.73. The molecule has 132 valence electrons. The van der Waals surface area contributed by atoms with Crippen molar-refractivity contribution < 1.29 is 24.5 Å². The van der Waals surface area contributed by atoms with Gasteiger partial charge < -0.3 is 19.8 Å². The average molecular weight is 351 g/mol. The molecule has 0 bridgehead atoms. The zero-order valence-corrected chi connectivity index (χ0v) is 14.3. The highest BCUT2D eigenvalue weighted by atomic mass is 16.5. The van der Waals surface area contributed by atoms with Gasteiger partial charge in [0.15, 0.2) is 0 Å². The molecule has 2 atom stereocenters. The van der Waals surface area contributed by atoms with Gasteiger partial charge in [0.1, 0.15) is 5.57 Å². The van der Waals surface area contributed by atoms with Crippen LogP contribution in [0, 0.1) is 0 Å². The summed E-state index contributed by atoms with van der Waals surface area (Å²) in [6, 6.07) is 15.2. The lowest BCUT2D eigenvalue weighted by Crippen LogP contribution is -2.58. The third kappa shape index (κ3) is 1.67. The van der Waals surface area contributed by atoms with E-state index in [2.05, 4.69) is 0 Å². The number of nitrogens with zero attached hydrogens (tertiary/aromatic N) is 1. The number of methoxy groups -OCH3 is 1. The number of hydrogen-bond acceptors (Lipinski definition) is 6. The fraction of sp³-hybridized carbons (Fsp3) is 0.200. The molecule has 0 saturated carbocycles. The Hall–Kier alpha value is -2.96. The number of para-hydroxylation sites is 1. The van der Waals surface area contributed by atoms with Crippen molar-refractivity contribution in [2.24, 2.45) is 0 Å². The first kappa shape index (κ1) is 16.5. The molecule has 0 fully saturated rings. The summed E-state index contributed by atoms with van der Waals surface area (Å²) in [5.74, 6) is -1.59. The van der Waals surface area contributed by atoms with Crippen LogP contribution in [0.4, 0.5) is 5.69 Å². The second-order valence-corrected chi connectivity index (χ2v) is 6.38. The molecule has 0 radical (unpaired) electrons. The van der Waals surface area contributed by atoms with Crippen LogP contribution in [0.5, 0.6) is 0 Å². The molecular weight excluding hydrogens is 334 g/mol. The first-order valence-electron chi connectivity index (χ1n) is 8.13. The second-order valence-electron chi connectivity index (χ2n) is 6.38. The Morgan fingerprint density at radius 1 is 1.04 bits per heavy atom. The molecule has 2 aromatic rings. The molecule has 6 heteroatoms. The Kier molecular flexibility index (Phi) is 3.34. The van der Waals surface area contributed by atoms with Crippen molar-refractivity contribution in [1.82, 2.24) is 0 Å². The first-order valence-corrected chi connectivity index (χ1v) is 8.13. The van der Waals surface area contributed by atoms with Gasteiger partial charge in [0, 0.05) is 22.5 Å². The lowest BCUT2D eigenvalue weighted by Gasteiger charge is -2.39. The Bertz CT molecular complexity index is 967. The van der Waals surface area contributed by atoms with Crippen LogP contribution in [0.15, 0.2) is 65.9 Å². The van der Waals surface area contributed by atoms with E-state index in [1.165, 1.54) is 18.1 Å². The maximum absolute atomic E-state index is 13.1. The van der Waals surface area contributed by atoms with Crippen molar-refractivity contribution in [2.75, 3.05) is 12.0 Å². The highest BCUT2D eigenvalue weighted by molar-refractivity contribution is 6.17. The smallest absolute Gasteiger partial charge is 0.339 e. The summed E-state index contributed by atoms with van der Waals surface area (Å²) in [5.41, 5.74) is -3.64. The second kappa shape index (κ2) is 5.27. The number of hydrogen-bond donors (Lipinski definition) is 2. The highest BCUT2D eigenvalue weighted by Crippen LogP contribution is 2.57. The summed E-state index contributed by atoms with van der Waals surface area (Å²) in [5, 5.41) is 23.2. The number of anilines is 1. The molecule has 2 N–H and O–H groups in total. The number of carbonyl (C=O) groups is 2. The van der Waals surface area contributed by atoms with Crippen LogP contribution in [-0.2, 0) is 15.3 Å². The number of carbonyl (C=O) groups excluding carboxylic acids is 2. The van der Waals surface area contributed by atoms with Gasteiger partial charge in [-0.25, -0.2) is 4.79 Å². The third-order valence-corrected chi connectivity index (χ3v) is 5.17. The molecule has 1 aliphatic carbocycles. The Balaban J connectivity index is 2.09. The van der Waals surface area contributed by atoms with Gasteiger partial charge in [-0.3, -0.25) is 4.79 Å². The van der Waals surface area contributed by atoms with Gasteiger partial charge in [0.05, 0.1) is 7.11 Å². The van der Waals surface area contributed by atoms with E-state index in [1.807, 2.05) is 6.07 Å².